The van der Waals surface area contributed by atoms with Gasteiger partial charge in [0.2, 0.25) is 10.0 Å². The largest absolute Gasteiger partial charge is 0.416 e. The number of nitrogens with one attached hydrogen (secondary N) is 3. The second kappa shape index (κ2) is 14.3. The number of pyridine rings is 1. The van der Waals surface area contributed by atoms with Crippen molar-refractivity contribution in [3.05, 3.63) is 104 Å². The quantitative estimate of drug-likeness (QED) is 0.151. The van der Waals surface area contributed by atoms with Crippen molar-refractivity contribution < 1.29 is 44.3 Å². The maximum absolute atomic E-state index is 13.7. The van der Waals surface area contributed by atoms with Crippen LogP contribution < -0.4 is 15.4 Å². The van der Waals surface area contributed by atoms with E-state index in [1.165, 1.54) is 30.5 Å². The van der Waals surface area contributed by atoms with Crippen LogP contribution in [0.3, 0.4) is 0 Å². The molecule has 3 N–H and O–H groups in total. The van der Waals surface area contributed by atoms with Gasteiger partial charge in [0.1, 0.15) is 5.69 Å². The van der Waals surface area contributed by atoms with Crippen molar-refractivity contribution in [2.24, 2.45) is 0 Å². The molecule has 0 atom stereocenters. The summed E-state index contributed by atoms with van der Waals surface area (Å²) in [5.41, 5.74) is -3.87. The lowest BCUT2D eigenvalue weighted by Crippen LogP contribution is -2.31. The molecule has 0 aliphatic carbocycles. The van der Waals surface area contributed by atoms with E-state index in [2.05, 4.69) is 25.4 Å². The molecular weight excluding hydrogens is 725 g/mol. The van der Waals surface area contributed by atoms with Crippen LogP contribution in [0.4, 0.5) is 32.0 Å². The van der Waals surface area contributed by atoms with Gasteiger partial charge in [0, 0.05) is 17.3 Å². The molecule has 2 heterocycles. The number of benzene rings is 2. The van der Waals surface area contributed by atoms with E-state index in [9.17, 15) is 44.3 Å². The van der Waals surface area contributed by atoms with Gasteiger partial charge < -0.3 is 10.6 Å². The van der Waals surface area contributed by atoms with Crippen LogP contribution in [-0.2, 0) is 34.7 Å². The van der Waals surface area contributed by atoms with Crippen LogP contribution in [-0.4, -0.2) is 41.0 Å². The molecule has 10 nitrogen and oxygen atoms in total. The second-order valence-electron chi connectivity index (χ2n) is 11.0. The lowest BCUT2D eigenvalue weighted by atomic mass is 10.1. The fraction of sp³-hybridized carbons (Fsp3) is 0.267. The van der Waals surface area contributed by atoms with Gasteiger partial charge in [0.25, 0.3) is 11.8 Å². The lowest BCUT2D eigenvalue weighted by molar-refractivity contribution is -0.143. The Morgan fingerprint density at radius 1 is 0.939 bits per heavy atom. The Morgan fingerprint density at radius 2 is 1.57 bits per heavy atom. The first-order valence-electron chi connectivity index (χ1n) is 14.0. The van der Waals surface area contributed by atoms with E-state index in [0.29, 0.717) is 17.7 Å². The summed E-state index contributed by atoms with van der Waals surface area (Å²) >= 11 is 12.5. The summed E-state index contributed by atoms with van der Waals surface area (Å²) in [6, 6.07) is 7.22. The van der Waals surface area contributed by atoms with Gasteiger partial charge in [-0.15, -0.1) is 0 Å². The minimum atomic E-state index is -5.17. The number of nitrogens with zero attached hydrogens (tertiary/aromatic N) is 3. The molecule has 19 heteroatoms. The van der Waals surface area contributed by atoms with Gasteiger partial charge in [0.05, 0.1) is 45.4 Å². The summed E-state index contributed by atoms with van der Waals surface area (Å²) in [7, 11) is -4.57. The number of hydrogen-bond acceptors (Lipinski definition) is 6. The highest BCUT2D eigenvalue weighted by molar-refractivity contribution is 7.88. The van der Waals surface area contributed by atoms with Gasteiger partial charge >= 0.3 is 12.4 Å². The Hall–Kier alpha value is -4.19. The fourth-order valence-corrected chi connectivity index (χ4v) is 6.09. The molecule has 2 aromatic heterocycles. The molecule has 0 aliphatic rings. The average molecular weight is 752 g/mol. The topological polar surface area (TPSA) is 135 Å². The monoisotopic (exact) mass is 750 g/mol. The fourth-order valence-electron chi connectivity index (χ4n) is 4.54. The summed E-state index contributed by atoms with van der Waals surface area (Å²) < 4.78 is 109. The number of hydrogen-bond donors (Lipinski definition) is 3. The number of alkyl halides is 6. The lowest BCUT2D eigenvalue weighted by Gasteiger charge is -2.16. The third kappa shape index (κ3) is 9.49. The van der Waals surface area contributed by atoms with Crippen molar-refractivity contribution in [2.75, 3.05) is 5.32 Å². The molecule has 0 unspecified atom stereocenters. The van der Waals surface area contributed by atoms with Crippen LogP contribution >= 0.6 is 23.2 Å². The number of halogens is 8. The van der Waals surface area contributed by atoms with Crippen LogP contribution in [0.25, 0.3) is 5.82 Å². The predicted molar refractivity (Wildman–Crippen MR) is 169 cm³/mol. The maximum Gasteiger partial charge on any atom is 0.416 e. The van der Waals surface area contributed by atoms with E-state index in [0.717, 1.165) is 10.7 Å². The number of anilines is 1. The molecule has 0 fully saturated rings. The molecule has 2 amide bonds. The summed E-state index contributed by atoms with van der Waals surface area (Å²) in [6.07, 6.45) is -9.00. The van der Waals surface area contributed by atoms with Crippen LogP contribution in [0.5, 0.6) is 0 Å². The van der Waals surface area contributed by atoms with E-state index < -0.39 is 63.2 Å². The SMILES string of the molecule is Cc1cc(Cl)cc(C(=O)NC(C)C)c1NC(=O)c1cc(CNS(=O)(=O)Cc2cc(C(F)(F)F)cc(C(F)(F)F)c2)nn1-c1ncccc1Cl. The van der Waals surface area contributed by atoms with Crippen LogP contribution in [0.1, 0.15) is 62.6 Å². The summed E-state index contributed by atoms with van der Waals surface area (Å²) in [4.78, 5) is 30.8. The summed E-state index contributed by atoms with van der Waals surface area (Å²) in [5, 5.41) is 9.85. The Bertz CT molecular complexity index is 1980. The van der Waals surface area contributed by atoms with Crippen LogP contribution in [0, 0.1) is 6.92 Å². The standard InChI is InChI=1S/C30H26Cl2F6N6O4S/c1-15(2)41-27(45)22-11-20(31)7-16(3)25(22)42-28(46)24-12-21(43-44(24)26-23(32)5-4-6-39-26)13-40-49(47,48)14-17-8-18(29(33,34)35)10-19(9-17)30(36,37)38/h4-12,15,40H,13-14H2,1-3H3,(H,41,45)(H,42,46). The molecule has 0 radical (unpaired) electrons. The minimum Gasteiger partial charge on any atom is -0.350 e. The van der Waals surface area contributed by atoms with Crippen molar-refractivity contribution in [3.63, 3.8) is 0 Å². The van der Waals surface area contributed by atoms with Crippen molar-refractivity contribution in [3.8, 4) is 5.82 Å². The zero-order chi connectivity index (χ0) is 36.5. The molecule has 0 bridgehead atoms. The first kappa shape index (κ1) is 37.6. The smallest absolute Gasteiger partial charge is 0.350 e. The van der Waals surface area contributed by atoms with Crippen LogP contribution in [0.15, 0.2) is 54.7 Å². The first-order valence-corrected chi connectivity index (χ1v) is 16.4. The molecule has 49 heavy (non-hydrogen) atoms. The van der Waals surface area contributed by atoms with Gasteiger partial charge in [-0.1, -0.05) is 23.2 Å². The number of carbonyl (C=O) groups is 2. The zero-order valence-electron chi connectivity index (χ0n) is 25.6. The van der Waals surface area contributed by atoms with E-state index in [4.69, 9.17) is 23.2 Å². The minimum absolute atomic E-state index is 0.0384. The maximum atomic E-state index is 13.7. The number of aromatic nitrogens is 3. The van der Waals surface area contributed by atoms with Gasteiger partial charge in [0.15, 0.2) is 5.82 Å². The molecule has 0 aliphatic heterocycles. The Balaban J connectivity index is 1.67. The van der Waals surface area contributed by atoms with Crippen molar-refractivity contribution in [2.45, 2.75) is 51.5 Å². The van der Waals surface area contributed by atoms with E-state index in [1.807, 2.05) is 0 Å². The molecule has 4 rings (SSSR count). The molecule has 4 aromatic rings. The average Bonchev–Trinajstić information content (AvgIpc) is 3.40. The van der Waals surface area contributed by atoms with Gasteiger partial charge in [-0.25, -0.2) is 22.8 Å². The highest BCUT2D eigenvalue weighted by atomic mass is 35.5. The molecular formula is C30H26Cl2F6N6O4S. The van der Waals surface area contributed by atoms with E-state index >= 15 is 0 Å². The highest BCUT2D eigenvalue weighted by Crippen LogP contribution is 2.36. The molecule has 0 spiro atoms. The predicted octanol–water partition coefficient (Wildman–Crippen LogP) is 6.93. The number of carbonyl (C=O) groups excluding carboxylic acids is 2. The van der Waals surface area contributed by atoms with Gasteiger partial charge in [-0.3, -0.25) is 9.59 Å². The van der Waals surface area contributed by atoms with Gasteiger partial charge in [-0.05, 0) is 80.4 Å². The van der Waals surface area contributed by atoms with E-state index in [-0.39, 0.29) is 50.6 Å². The van der Waals surface area contributed by atoms with Crippen molar-refractivity contribution in [1.82, 2.24) is 24.8 Å². The molecule has 262 valence electrons. The first-order chi connectivity index (χ1) is 22.6. The number of rotatable bonds is 10. The number of aryl methyl sites for hydroxylation is 1. The summed E-state index contributed by atoms with van der Waals surface area (Å²) in [6.45, 7) is 4.42. The highest BCUT2D eigenvalue weighted by Gasteiger charge is 2.37. The Kier molecular flexibility index (Phi) is 11.0. The summed E-state index contributed by atoms with van der Waals surface area (Å²) in [5.74, 6) is -2.65. The second-order valence-corrected chi connectivity index (χ2v) is 13.6. The molecule has 2 aromatic carbocycles. The number of amides is 2. The number of sulfonamides is 1. The Morgan fingerprint density at radius 3 is 2.14 bits per heavy atom. The third-order valence-electron chi connectivity index (χ3n) is 6.61. The third-order valence-corrected chi connectivity index (χ3v) is 8.42. The molecule has 0 saturated heterocycles. The van der Waals surface area contributed by atoms with E-state index in [1.54, 1.807) is 20.8 Å². The van der Waals surface area contributed by atoms with Gasteiger partial charge in [-0.2, -0.15) is 31.4 Å². The Labute approximate surface area is 285 Å². The normalized spacial score (nSPS) is 12.3. The zero-order valence-corrected chi connectivity index (χ0v) is 27.9. The van der Waals surface area contributed by atoms with Crippen molar-refractivity contribution in [1.29, 1.82) is 0 Å². The van der Waals surface area contributed by atoms with Crippen LogP contribution in [0.2, 0.25) is 10.0 Å². The molecule has 0 saturated carbocycles. The van der Waals surface area contributed by atoms with Crippen molar-refractivity contribution >= 4 is 50.7 Å².